The van der Waals surface area contributed by atoms with Gasteiger partial charge in [-0.2, -0.15) is 0 Å². The molecule has 148 valence electrons. The van der Waals surface area contributed by atoms with Crippen LogP contribution < -0.4 is 0 Å². The molecule has 6 nitrogen and oxygen atoms in total. The van der Waals surface area contributed by atoms with Gasteiger partial charge in [0, 0.05) is 43.4 Å². The number of hydrogen-bond acceptors (Lipinski definition) is 4. The third-order valence-electron chi connectivity index (χ3n) is 4.79. The normalized spacial score (nSPS) is 14.1. The first-order chi connectivity index (χ1) is 14.0. The van der Waals surface area contributed by atoms with Crippen molar-refractivity contribution in [1.29, 1.82) is 0 Å². The second-order valence-corrected chi connectivity index (χ2v) is 6.68. The van der Waals surface area contributed by atoms with Crippen molar-refractivity contribution < 1.29 is 22.9 Å². The average molecular weight is 397 g/mol. The molecule has 1 aromatic heterocycles. The molecule has 29 heavy (non-hydrogen) atoms. The third-order valence-corrected chi connectivity index (χ3v) is 4.79. The van der Waals surface area contributed by atoms with Crippen LogP contribution in [0.4, 0.5) is 8.78 Å². The van der Waals surface area contributed by atoms with Crippen molar-refractivity contribution in [1.82, 2.24) is 15.0 Å². The Labute approximate surface area is 165 Å². The summed E-state index contributed by atoms with van der Waals surface area (Å²) >= 11 is 0. The monoisotopic (exact) mass is 397 g/mol. The molecule has 2 amide bonds. The first kappa shape index (κ1) is 18.8. The summed E-state index contributed by atoms with van der Waals surface area (Å²) in [7, 11) is 0. The number of halogens is 2. The van der Waals surface area contributed by atoms with E-state index >= 15 is 0 Å². The highest BCUT2D eigenvalue weighted by Gasteiger charge is 2.27. The maximum Gasteiger partial charge on any atom is 0.292 e. The number of nitrogens with zero attached hydrogens (tertiary/aromatic N) is 3. The van der Waals surface area contributed by atoms with Crippen LogP contribution in [0.25, 0.3) is 11.3 Å². The molecule has 8 heteroatoms. The van der Waals surface area contributed by atoms with E-state index in [9.17, 15) is 18.4 Å². The van der Waals surface area contributed by atoms with E-state index in [0.29, 0.717) is 37.4 Å². The summed E-state index contributed by atoms with van der Waals surface area (Å²) < 4.78 is 31.5. The first-order valence-corrected chi connectivity index (χ1v) is 9.08. The van der Waals surface area contributed by atoms with Crippen LogP contribution in [-0.4, -0.2) is 52.9 Å². The molecule has 2 aromatic carbocycles. The van der Waals surface area contributed by atoms with Crippen LogP contribution in [-0.2, 0) is 0 Å². The molecule has 0 unspecified atom stereocenters. The Morgan fingerprint density at radius 2 is 1.48 bits per heavy atom. The van der Waals surface area contributed by atoms with Gasteiger partial charge in [0.25, 0.3) is 11.8 Å². The predicted molar refractivity (Wildman–Crippen MR) is 100 cm³/mol. The predicted octanol–water partition coefficient (Wildman–Crippen LogP) is 3.22. The average Bonchev–Trinajstić information content (AvgIpc) is 3.23. The van der Waals surface area contributed by atoms with Crippen LogP contribution in [0.1, 0.15) is 20.9 Å². The van der Waals surface area contributed by atoms with E-state index in [-0.39, 0.29) is 29.0 Å². The van der Waals surface area contributed by atoms with Gasteiger partial charge in [0.15, 0.2) is 0 Å². The lowest BCUT2D eigenvalue weighted by Gasteiger charge is -2.34. The van der Waals surface area contributed by atoms with Crippen LogP contribution in [0.3, 0.4) is 0 Å². The standard InChI is InChI=1S/C21H17F2N3O3/c22-16-6-4-14(5-7-16)18-13-19(29-24-18)21(28)26-10-8-25(9-11-26)20(27)15-2-1-3-17(23)12-15/h1-7,12-13H,8-11H2. The van der Waals surface area contributed by atoms with Crippen LogP contribution in [0.5, 0.6) is 0 Å². The molecule has 0 radical (unpaired) electrons. The molecule has 0 N–H and O–H groups in total. The van der Waals surface area contributed by atoms with Crippen molar-refractivity contribution >= 4 is 11.8 Å². The smallest absolute Gasteiger partial charge is 0.292 e. The summed E-state index contributed by atoms with van der Waals surface area (Å²) in [6, 6.07) is 12.8. The zero-order valence-corrected chi connectivity index (χ0v) is 15.3. The third kappa shape index (κ3) is 4.01. The van der Waals surface area contributed by atoms with Gasteiger partial charge in [-0.05, 0) is 42.5 Å². The molecule has 3 aromatic rings. The van der Waals surface area contributed by atoms with Crippen molar-refractivity contribution in [2.45, 2.75) is 0 Å². The van der Waals surface area contributed by atoms with Gasteiger partial charge < -0.3 is 14.3 Å². The number of amides is 2. The number of aromatic nitrogens is 1. The molecule has 1 saturated heterocycles. The number of rotatable bonds is 3. The summed E-state index contributed by atoms with van der Waals surface area (Å²) in [6.45, 7) is 1.32. The van der Waals surface area contributed by atoms with Crippen LogP contribution in [0.2, 0.25) is 0 Å². The van der Waals surface area contributed by atoms with Crippen molar-refractivity contribution in [2.75, 3.05) is 26.2 Å². The topological polar surface area (TPSA) is 66.7 Å². The van der Waals surface area contributed by atoms with E-state index in [0.717, 1.165) is 0 Å². The molecular formula is C21H17F2N3O3. The molecule has 2 heterocycles. The van der Waals surface area contributed by atoms with Crippen LogP contribution in [0.15, 0.2) is 59.1 Å². The largest absolute Gasteiger partial charge is 0.350 e. The first-order valence-electron chi connectivity index (χ1n) is 9.08. The summed E-state index contributed by atoms with van der Waals surface area (Å²) in [5, 5.41) is 3.88. The zero-order valence-electron chi connectivity index (χ0n) is 15.3. The molecule has 0 saturated carbocycles. The Kier molecular flexibility index (Phi) is 5.07. The molecule has 1 aliphatic heterocycles. The fraction of sp³-hybridized carbons (Fsp3) is 0.190. The van der Waals surface area contributed by atoms with Gasteiger partial charge in [0.1, 0.15) is 17.3 Å². The van der Waals surface area contributed by atoms with Crippen LogP contribution in [0, 0.1) is 11.6 Å². The molecule has 1 aliphatic rings. The fourth-order valence-electron chi connectivity index (χ4n) is 3.21. The minimum atomic E-state index is -0.466. The molecule has 0 bridgehead atoms. The van der Waals surface area contributed by atoms with Gasteiger partial charge in [-0.15, -0.1) is 0 Å². The Bertz CT molecular complexity index is 1040. The number of hydrogen-bond donors (Lipinski definition) is 0. The SMILES string of the molecule is O=C(c1cccc(F)c1)N1CCN(C(=O)c2cc(-c3ccc(F)cc3)no2)CC1. The highest BCUT2D eigenvalue weighted by molar-refractivity contribution is 5.95. The zero-order chi connectivity index (χ0) is 20.4. The van der Waals surface area contributed by atoms with E-state index < -0.39 is 5.82 Å². The van der Waals surface area contributed by atoms with E-state index in [4.69, 9.17) is 4.52 Å². The Morgan fingerprint density at radius 3 is 2.14 bits per heavy atom. The van der Waals surface area contributed by atoms with Crippen molar-refractivity contribution in [3.8, 4) is 11.3 Å². The minimum absolute atomic E-state index is 0.0780. The van der Waals surface area contributed by atoms with Gasteiger partial charge >= 0.3 is 0 Å². The molecule has 0 spiro atoms. The minimum Gasteiger partial charge on any atom is -0.350 e. The van der Waals surface area contributed by atoms with Crippen LogP contribution >= 0.6 is 0 Å². The summed E-state index contributed by atoms with van der Waals surface area (Å²) in [5.41, 5.74) is 1.36. The Morgan fingerprint density at radius 1 is 0.828 bits per heavy atom. The van der Waals surface area contributed by atoms with Gasteiger partial charge in [0.2, 0.25) is 5.76 Å². The van der Waals surface area contributed by atoms with E-state index in [2.05, 4.69) is 5.16 Å². The highest BCUT2D eigenvalue weighted by Crippen LogP contribution is 2.21. The molecule has 0 atom stereocenters. The van der Waals surface area contributed by atoms with E-state index in [1.165, 1.54) is 36.4 Å². The maximum absolute atomic E-state index is 13.3. The fourth-order valence-corrected chi connectivity index (χ4v) is 3.21. The number of piperazine rings is 1. The van der Waals surface area contributed by atoms with Gasteiger partial charge in [-0.1, -0.05) is 11.2 Å². The second-order valence-electron chi connectivity index (χ2n) is 6.68. The lowest BCUT2D eigenvalue weighted by molar-refractivity contribution is 0.0512. The molecule has 0 aliphatic carbocycles. The van der Waals surface area contributed by atoms with Crippen molar-refractivity contribution in [3.05, 3.63) is 77.6 Å². The van der Waals surface area contributed by atoms with Gasteiger partial charge in [0.05, 0.1) is 0 Å². The number of carbonyl (C=O) groups is 2. The number of carbonyl (C=O) groups excluding carboxylic acids is 2. The van der Waals surface area contributed by atoms with Gasteiger partial charge in [-0.25, -0.2) is 8.78 Å². The summed E-state index contributed by atoms with van der Waals surface area (Å²) in [5.74, 6) is -1.35. The second kappa shape index (κ2) is 7.83. The lowest BCUT2D eigenvalue weighted by atomic mass is 10.1. The molecular weight excluding hydrogens is 380 g/mol. The van der Waals surface area contributed by atoms with E-state index in [1.807, 2.05) is 0 Å². The Hall–Kier alpha value is -3.55. The van der Waals surface area contributed by atoms with Gasteiger partial charge in [-0.3, -0.25) is 9.59 Å². The highest BCUT2D eigenvalue weighted by atomic mass is 19.1. The number of benzene rings is 2. The van der Waals surface area contributed by atoms with Crippen molar-refractivity contribution in [2.24, 2.45) is 0 Å². The van der Waals surface area contributed by atoms with E-state index in [1.54, 1.807) is 28.0 Å². The molecule has 1 fully saturated rings. The quantitative estimate of drug-likeness (QED) is 0.681. The summed E-state index contributed by atoms with van der Waals surface area (Å²) in [6.07, 6.45) is 0. The molecule has 4 rings (SSSR count). The lowest BCUT2D eigenvalue weighted by Crippen LogP contribution is -2.50. The van der Waals surface area contributed by atoms with Crippen molar-refractivity contribution in [3.63, 3.8) is 0 Å². The maximum atomic E-state index is 13.3. The summed E-state index contributed by atoms with van der Waals surface area (Å²) in [4.78, 5) is 28.3. The Balaban J connectivity index is 1.39.